The highest BCUT2D eigenvalue weighted by atomic mass is 32.2. The Hall–Kier alpha value is -1.11. The third-order valence-electron chi connectivity index (χ3n) is 3.62. The Morgan fingerprint density at radius 1 is 1.33 bits per heavy atom. The van der Waals surface area contributed by atoms with E-state index in [-0.39, 0.29) is 11.9 Å². The number of nitrogens with one attached hydrogen (secondary N) is 1. The standard InChI is InChI=1S/C15H21N3OS2/c1-11(18-7-2-9-21-10-8-18)15(19)17-13-5-3-12(4-6-13)14(16)20/h3-6,11H,2,7-10H2,1H3,(H2,16,20)(H,17,19). The Labute approximate surface area is 135 Å². The molecule has 3 N–H and O–H groups in total. The number of anilines is 1. The van der Waals surface area contributed by atoms with Crippen LogP contribution in [0.5, 0.6) is 0 Å². The fourth-order valence-electron chi connectivity index (χ4n) is 2.28. The Morgan fingerprint density at radius 2 is 2.05 bits per heavy atom. The second kappa shape index (κ2) is 7.77. The van der Waals surface area contributed by atoms with E-state index in [4.69, 9.17) is 18.0 Å². The summed E-state index contributed by atoms with van der Waals surface area (Å²) in [7, 11) is 0. The molecule has 0 spiro atoms. The van der Waals surface area contributed by atoms with Crippen LogP contribution in [-0.4, -0.2) is 46.4 Å². The van der Waals surface area contributed by atoms with Gasteiger partial charge in [-0.3, -0.25) is 9.69 Å². The number of thioether (sulfide) groups is 1. The Kier molecular flexibility index (Phi) is 6.02. The van der Waals surface area contributed by atoms with Crippen molar-refractivity contribution < 1.29 is 4.79 Å². The molecule has 4 nitrogen and oxygen atoms in total. The van der Waals surface area contributed by atoms with E-state index >= 15 is 0 Å². The molecule has 1 aromatic carbocycles. The van der Waals surface area contributed by atoms with E-state index in [9.17, 15) is 4.79 Å². The van der Waals surface area contributed by atoms with Crippen molar-refractivity contribution in [2.75, 3.05) is 29.9 Å². The highest BCUT2D eigenvalue weighted by Gasteiger charge is 2.22. The zero-order valence-corrected chi connectivity index (χ0v) is 13.8. The molecule has 1 unspecified atom stereocenters. The van der Waals surface area contributed by atoms with Gasteiger partial charge in [0.1, 0.15) is 4.99 Å². The third kappa shape index (κ3) is 4.69. The van der Waals surface area contributed by atoms with E-state index in [1.807, 2.05) is 43.0 Å². The van der Waals surface area contributed by atoms with Gasteiger partial charge in [-0.25, -0.2) is 0 Å². The van der Waals surface area contributed by atoms with Gasteiger partial charge >= 0.3 is 0 Å². The maximum absolute atomic E-state index is 12.3. The SMILES string of the molecule is CC(C(=O)Nc1ccc(C(N)=S)cc1)N1CCCSCC1. The van der Waals surface area contributed by atoms with Gasteiger partial charge in [0.25, 0.3) is 0 Å². The Bertz CT molecular complexity index is 496. The van der Waals surface area contributed by atoms with Gasteiger partial charge in [0, 0.05) is 23.5 Å². The van der Waals surface area contributed by atoms with Gasteiger partial charge in [-0.2, -0.15) is 11.8 Å². The minimum atomic E-state index is -0.112. The largest absolute Gasteiger partial charge is 0.389 e. The lowest BCUT2D eigenvalue weighted by Crippen LogP contribution is -2.43. The number of carbonyl (C=O) groups excluding carboxylic acids is 1. The van der Waals surface area contributed by atoms with Crippen LogP contribution in [0.15, 0.2) is 24.3 Å². The molecule has 0 radical (unpaired) electrons. The molecule has 1 aliphatic heterocycles. The van der Waals surface area contributed by atoms with Crippen LogP contribution in [0.3, 0.4) is 0 Å². The number of hydrogen-bond donors (Lipinski definition) is 2. The number of nitrogens with zero attached hydrogens (tertiary/aromatic N) is 1. The first-order chi connectivity index (χ1) is 10.1. The number of amides is 1. The van der Waals surface area contributed by atoms with Gasteiger partial charge in [0.15, 0.2) is 0 Å². The summed E-state index contributed by atoms with van der Waals surface area (Å²) < 4.78 is 0. The molecular weight excluding hydrogens is 302 g/mol. The summed E-state index contributed by atoms with van der Waals surface area (Å²) in [5, 5.41) is 2.95. The molecule has 0 aromatic heterocycles. The molecule has 1 aliphatic rings. The van der Waals surface area contributed by atoms with Crippen molar-refractivity contribution >= 4 is 40.6 Å². The lowest BCUT2D eigenvalue weighted by Gasteiger charge is -2.26. The zero-order chi connectivity index (χ0) is 15.2. The molecule has 1 amide bonds. The van der Waals surface area contributed by atoms with E-state index in [0.29, 0.717) is 4.99 Å². The van der Waals surface area contributed by atoms with E-state index in [1.54, 1.807) is 0 Å². The molecule has 0 saturated carbocycles. The molecule has 6 heteroatoms. The smallest absolute Gasteiger partial charge is 0.241 e. The maximum atomic E-state index is 12.3. The summed E-state index contributed by atoms with van der Waals surface area (Å²) in [5.74, 6) is 2.32. The first-order valence-corrected chi connectivity index (χ1v) is 8.67. The molecule has 1 aromatic rings. The van der Waals surface area contributed by atoms with E-state index in [2.05, 4.69) is 10.2 Å². The predicted molar refractivity (Wildman–Crippen MR) is 93.9 cm³/mol. The first-order valence-electron chi connectivity index (χ1n) is 7.10. The molecule has 1 fully saturated rings. The second-order valence-electron chi connectivity index (χ2n) is 5.11. The molecule has 1 atom stereocenters. The van der Waals surface area contributed by atoms with Gasteiger partial charge in [-0.1, -0.05) is 12.2 Å². The van der Waals surface area contributed by atoms with Crippen molar-refractivity contribution in [3.8, 4) is 0 Å². The highest BCUT2D eigenvalue weighted by Crippen LogP contribution is 2.15. The number of thiocarbonyl (C=S) groups is 1. The van der Waals surface area contributed by atoms with Crippen LogP contribution in [0.1, 0.15) is 18.9 Å². The van der Waals surface area contributed by atoms with Crippen LogP contribution in [-0.2, 0) is 4.79 Å². The average molecular weight is 323 g/mol. The van der Waals surface area contributed by atoms with Gasteiger partial charge in [0.05, 0.1) is 6.04 Å². The Morgan fingerprint density at radius 3 is 2.71 bits per heavy atom. The molecule has 1 heterocycles. The van der Waals surface area contributed by atoms with Gasteiger partial charge in [-0.15, -0.1) is 0 Å². The topological polar surface area (TPSA) is 58.4 Å². The van der Waals surface area contributed by atoms with Crippen molar-refractivity contribution in [1.82, 2.24) is 4.90 Å². The summed E-state index contributed by atoms with van der Waals surface area (Å²) in [4.78, 5) is 14.9. The van der Waals surface area contributed by atoms with Crippen molar-refractivity contribution in [1.29, 1.82) is 0 Å². The van der Waals surface area contributed by atoms with E-state index in [0.717, 1.165) is 36.5 Å². The number of benzene rings is 1. The summed E-state index contributed by atoms with van der Waals surface area (Å²) >= 11 is 6.87. The van der Waals surface area contributed by atoms with Crippen LogP contribution in [0, 0.1) is 0 Å². The normalized spacial score (nSPS) is 17.8. The molecule has 114 valence electrons. The molecule has 0 bridgehead atoms. The molecule has 1 saturated heterocycles. The summed E-state index contributed by atoms with van der Waals surface area (Å²) in [6, 6.07) is 7.20. The quantitative estimate of drug-likeness (QED) is 0.831. The van der Waals surface area contributed by atoms with Crippen molar-refractivity contribution in [3.63, 3.8) is 0 Å². The molecule has 21 heavy (non-hydrogen) atoms. The molecule has 0 aliphatic carbocycles. The monoisotopic (exact) mass is 323 g/mol. The number of rotatable bonds is 4. The summed E-state index contributed by atoms with van der Waals surface area (Å²) in [6.07, 6.45) is 1.14. The number of hydrogen-bond acceptors (Lipinski definition) is 4. The van der Waals surface area contributed by atoms with Crippen molar-refractivity contribution in [2.24, 2.45) is 5.73 Å². The van der Waals surface area contributed by atoms with E-state index < -0.39 is 0 Å². The lowest BCUT2D eigenvalue weighted by molar-refractivity contribution is -0.120. The van der Waals surface area contributed by atoms with E-state index in [1.165, 1.54) is 5.75 Å². The fraction of sp³-hybridized carbons (Fsp3) is 0.467. The van der Waals surface area contributed by atoms with Crippen LogP contribution >= 0.6 is 24.0 Å². The fourth-order valence-corrected chi connectivity index (χ4v) is 3.32. The highest BCUT2D eigenvalue weighted by molar-refractivity contribution is 7.99. The van der Waals surface area contributed by atoms with Crippen LogP contribution in [0.25, 0.3) is 0 Å². The number of nitrogens with two attached hydrogens (primary N) is 1. The summed E-state index contributed by atoms with van der Waals surface area (Å²) in [5.41, 5.74) is 7.14. The van der Waals surface area contributed by atoms with Gasteiger partial charge in [0.2, 0.25) is 5.91 Å². The second-order valence-corrected chi connectivity index (χ2v) is 6.77. The molecular formula is C15H21N3OS2. The minimum absolute atomic E-state index is 0.0324. The van der Waals surface area contributed by atoms with Crippen LogP contribution < -0.4 is 11.1 Å². The van der Waals surface area contributed by atoms with Gasteiger partial charge in [-0.05, 0) is 49.9 Å². The average Bonchev–Trinajstić information content (AvgIpc) is 2.76. The zero-order valence-electron chi connectivity index (χ0n) is 12.2. The first kappa shape index (κ1) is 16.3. The minimum Gasteiger partial charge on any atom is -0.389 e. The maximum Gasteiger partial charge on any atom is 0.241 e. The number of carbonyl (C=O) groups is 1. The van der Waals surface area contributed by atoms with Crippen LogP contribution in [0.4, 0.5) is 5.69 Å². The van der Waals surface area contributed by atoms with Crippen molar-refractivity contribution in [3.05, 3.63) is 29.8 Å². The third-order valence-corrected chi connectivity index (χ3v) is 4.91. The van der Waals surface area contributed by atoms with Crippen LogP contribution in [0.2, 0.25) is 0 Å². The lowest BCUT2D eigenvalue weighted by atomic mass is 10.2. The Balaban J connectivity index is 1.94. The van der Waals surface area contributed by atoms with Gasteiger partial charge < -0.3 is 11.1 Å². The van der Waals surface area contributed by atoms with Crippen molar-refractivity contribution in [2.45, 2.75) is 19.4 Å². The summed E-state index contributed by atoms with van der Waals surface area (Å²) in [6.45, 7) is 3.93. The predicted octanol–water partition coefficient (Wildman–Crippen LogP) is 2.09. The molecule has 2 rings (SSSR count).